The standard InChI is InChI=1S/C33H24O3/c1-20(34)27-17-21(15-16-32(27)35)28-18-30-25-12-6-5-11-24(25)29(26-13-7-8-14-33(26)36-2)19-31(30)23-10-4-3-9-22(23)28/h3-19,35H,1-2H3. The summed E-state index contributed by atoms with van der Waals surface area (Å²) >= 11 is 0. The van der Waals surface area contributed by atoms with Crippen LogP contribution in [0.3, 0.4) is 0 Å². The van der Waals surface area contributed by atoms with Crippen molar-refractivity contribution in [1.82, 2.24) is 0 Å². The van der Waals surface area contributed by atoms with Crippen LogP contribution in [0.25, 0.3) is 54.6 Å². The fraction of sp³-hybridized carbons (Fsp3) is 0.0606. The number of carbonyl (C=O) groups is 1. The molecule has 0 spiro atoms. The summed E-state index contributed by atoms with van der Waals surface area (Å²) in [6, 6.07) is 34.7. The normalized spacial score (nSPS) is 11.3. The third-order valence-electron chi connectivity index (χ3n) is 6.97. The van der Waals surface area contributed by atoms with Gasteiger partial charge in [0.05, 0.1) is 12.7 Å². The van der Waals surface area contributed by atoms with Crippen LogP contribution in [0.5, 0.6) is 11.5 Å². The Kier molecular flexibility index (Phi) is 5.19. The first-order valence-corrected chi connectivity index (χ1v) is 11.9. The Morgan fingerprint density at radius 1 is 0.611 bits per heavy atom. The maximum Gasteiger partial charge on any atom is 0.163 e. The van der Waals surface area contributed by atoms with Crippen molar-refractivity contribution in [2.24, 2.45) is 0 Å². The monoisotopic (exact) mass is 468 g/mol. The molecule has 0 amide bonds. The van der Waals surface area contributed by atoms with Gasteiger partial charge in [0.25, 0.3) is 0 Å². The number of aromatic hydroxyl groups is 1. The highest BCUT2D eigenvalue weighted by atomic mass is 16.5. The number of phenols is 1. The molecule has 1 N–H and O–H groups in total. The topological polar surface area (TPSA) is 46.5 Å². The number of carbonyl (C=O) groups excluding carboxylic acids is 1. The molecule has 0 fully saturated rings. The van der Waals surface area contributed by atoms with Crippen LogP contribution in [-0.2, 0) is 0 Å². The zero-order valence-corrected chi connectivity index (χ0v) is 20.1. The molecule has 0 saturated carbocycles. The molecule has 3 nitrogen and oxygen atoms in total. The summed E-state index contributed by atoms with van der Waals surface area (Å²) < 4.78 is 5.72. The van der Waals surface area contributed by atoms with Gasteiger partial charge < -0.3 is 9.84 Å². The predicted molar refractivity (Wildman–Crippen MR) is 148 cm³/mol. The summed E-state index contributed by atoms with van der Waals surface area (Å²) in [4.78, 5) is 12.2. The van der Waals surface area contributed by atoms with Crippen LogP contribution in [0.15, 0.2) is 103 Å². The number of fused-ring (bicyclic) bond motifs is 5. The number of Topliss-reactive ketones (excluding diaryl/α,β-unsaturated/α-hetero) is 1. The van der Waals surface area contributed by atoms with E-state index in [-0.39, 0.29) is 11.5 Å². The minimum absolute atomic E-state index is 0.00300. The number of benzene rings is 6. The van der Waals surface area contributed by atoms with Gasteiger partial charge in [-0.2, -0.15) is 0 Å². The maximum absolute atomic E-state index is 12.2. The van der Waals surface area contributed by atoms with Crippen LogP contribution in [-0.4, -0.2) is 18.0 Å². The minimum Gasteiger partial charge on any atom is -0.507 e. The number of phenolic OH excluding ortho intramolecular Hbond substituents is 1. The molecule has 0 saturated heterocycles. The second-order valence-electron chi connectivity index (χ2n) is 9.02. The lowest BCUT2D eigenvalue weighted by molar-refractivity contribution is 0.101. The highest BCUT2D eigenvalue weighted by molar-refractivity contribution is 6.24. The molecule has 6 aromatic rings. The molecular weight excluding hydrogens is 444 g/mol. The van der Waals surface area contributed by atoms with Crippen molar-refractivity contribution < 1.29 is 14.6 Å². The van der Waals surface area contributed by atoms with Crippen molar-refractivity contribution >= 4 is 38.1 Å². The Morgan fingerprint density at radius 2 is 1.17 bits per heavy atom. The van der Waals surface area contributed by atoms with E-state index in [4.69, 9.17) is 4.74 Å². The zero-order chi connectivity index (χ0) is 24.8. The van der Waals surface area contributed by atoms with Crippen molar-refractivity contribution in [2.75, 3.05) is 7.11 Å². The van der Waals surface area contributed by atoms with Gasteiger partial charge in [0.15, 0.2) is 5.78 Å². The van der Waals surface area contributed by atoms with Crippen LogP contribution in [0.2, 0.25) is 0 Å². The Balaban J connectivity index is 1.76. The van der Waals surface area contributed by atoms with Crippen molar-refractivity contribution in [3.63, 3.8) is 0 Å². The molecule has 0 atom stereocenters. The van der Waals surface area contributed by atoms with Crippen LogP contribution < -0.4 is 4.74 Å². The molecule has 0 unspecified atom stereocenters. The highest BCUT2D eigenvalue weighted by Gasteiger charge is 2.17. The number of ketones is 1. The van der Waals surface area contributed by atoms with Gasteiger partial charge in [0.1, 0.15) is 11.5 Å². The summed E-state index contributed by atoms with van der Waals surface area (Å²) in [5.74, 6) is 0.679. The van der Waals surface area contributed by atoms with Gasteiger partial charge in [-0.15, -0.1) is 0 Å². The number of para-hydroxylation sites is 1. The molecule has 174 valence electrons. The van der Waals surface area contributed by atoms with Gasteiger partial charge in [-0.1, -0.05) is 72.8 Å². The average Bonchev–Trinajstić information content (AvgIpc) is 2.92. The highest BCUT2D eigenvalue weighted by Crippen LogP contribution is 2.43. The lowest BCUT2D eigenvalue weighted by Gasteiger charge is -2.17. The van der Waals surface area contributed by atoms with E-state index in [0.29, 0.717) is 5.56 Å². The van der Waals surface area contributed by atoms with Crippen molar-refractivity contribution in [3.8, 4) is 33.8 Å². The number of methoxy groups -OCH3 is 1. The SMILES string of the molecule is COc1ccccc1-c1cc2c3ccccc3c(-c3ccc(O)c(C(C)=O)c3)cc2c2ccccc12. The van der Waals surface area contributed by atoms with Gasteiger partial charge in [0.2, 0.25) is 0 Å². The van der Waals surface area contributed by atoms with E-state index in [1.807, 2.05) is 30.3 Å². The minimum atomic E-state index is -0.161. The second kappa shape index (κ2) is 8.54. The summed E-state index contributed by atoms with van der Waals surface area (Å²) in [6.07, 6.45) is 0. The van der Waals surface area contributed by atoms with Crippen LogP contribution in [0, 0.1) is 0 Å². The molecular formula is C33H24O3. The van der Waals surface area contributed by atoms with Crippen LogP contribution >= 0.6 is 0 Å². The summed E-state index contributed by atoms with van der Waals surface area (Å²) in [7, 11) is 1.71. The lowest BCUT2D eigenvalue weighted by atomic mass is 9.87. The van der Waals surface area contributed by atoms with Crippen LogP contribution in [0.4, 0.5) is 0 Å². The Bertz CT molecular complexity index is 1810. The molecule has 3 heteroatoms. The smallest absolute Gasteiger partial charge is 0.163 e. The third kappa shape index (κ3) is 3.40. The molecule has 0 radical (unpaired) electrons. The first kappa shape index (κ1) is 21.9. The number of hydrogen-bond acceptors (Lipinski definition) is 3. The summed E-state index contributed by atoms with van der Waals surface area (Å²) in [5, 5.41) is 17.0. The Labute approximate surface area is 209 Å². The fourth-order valence-corrected chi connectivity index (χ4v) is 5.27. The summed E-state index contributed by atoms with van der Waals surface area (Å²) in [6.45, 7) is 1.48. The quantitative estimate of drug-likeness (QED) is 0.209. The molecule has 0 aliphatic carbocycles. The van der Waals surface area contributed by atoms with E-state index in [2.05, 4.69) is 60.7 Å². The average molecular weight is 469 g/mol. The van der Waals surface area contributed by atoms with E-state index in [1.54, 1.807) is 19.2 Å². The molecule has 6 aromatic carbocycles. The first-order valence-electron chi connectivity index (χ1n) is 11.9. The van der Waals surface area contributed by atoms with Gasteiger partial charge in [-0.25, -0.2) is 0 Å². The molecule has 0 aromatic heterocycles. The lowest BCUT2D eigenvalue weighted by Crippen LogP contribution is -1.94. The number of rotatable bonds is 4. The van der Waals surface area contributed by atoms with Crippen molar-refractivity contribution in [2.45, 2.75) is 6.92 Å². The van der Waals surface area contributed by atoms with Gasteiger partial charge in [0, 0.05) is 5.56 Å². The molecule has 6 rings (SSSR count). The van der Waals surface area contributed by atoms with Gasteiger partial charge in [-0.05, 0) is 86.3 Å². The molecule has 0 heterocycles. The Morgan fingerprint density at radius 3 is 1.81 bits per heavy atom. The van der Waals surface area contributed by atoms with E-state index in [9.17, 15) is 9.90 Å². The van der Waals surface area contributed by atoms with Crippen molar-refractivity contribution in [1.29, 1.82) is 0 Å². The van der Waals surface area contributed by atoms with Gasteiger partial charge >= 0.3 is 0 Å². The largest absolute Gasteiger partial charge is 0.507 e. The molecule has 0 aliphatic rings. The molecule has 36 heavy (non-hydrogen) atoms. The maximum atomic E-state index is 12.2. The predicted octanol–water partition coefficient (Wildman–Crippen LogP) is 8.40. The van der Waals surface area contributed by atoms with Gasteiger partial charge in [-0.3, -0.25) is 4.79 Å². The number of hydrogen-bond donors (Lipinski definition) is 1. The Hall–Kier alpha value is -4.63. The van der Waals surface area contributed by atoms with E-state index < -0.39 is 0 Å². The summed E-state index contributed by atoms with van der Waals surface area (Å²) in [5.41, 5.74) is 4.42. The first-order chi connectivity index (χ1) is 17.6. The van der Waals surface area contributed by atoms with Crippen LogP contribution in [0.1, 0.15) is 17.3 Å². The third-order valence-corrected chi connectivity index (χ3v) is 6.97. The molecule has 0 bridgehead atoms. The van der Waals surface area contributed by atoms with E-state index >= 15 is 0 Å². The van der Waals surface area contributed by atoms with E-state index in [0.717, 1.165) is 60.3 Å². The fourth-order valence-electron chi connectivity index (χ4n) is 5.27. The van der Waals surface area contributed by atoms with E-state index in [1.165, 1.54) is 6.92 Å². The molecule has 0 aliphatic heterocycles. The zero-order valence-electron chi connectivity index (χ0n) is 20.1. The second-order valence-corrected chi connectivity index (χ2v) is 9.02. The number of ether oxygens (including phenoxy) is 1. The van der Waals surface area contributed by atoms with Crippen molar-refractivity contribution in [3.05, 3.63) is 109 Å².